The van der Waals surface area contributed by atoms with Crippen molar-refractivity contribution in [2.75, 3.05) is 37.6 Å². The van der Waals surface area contributed by atoms with E-state index in [0.717, 1.165) is 68.3 Å². The van der Waals surface area contributed by atoms with Crippen molar-refractivity contribution in [3.8, 4) is 0 Å². The highest BCUT2D eigenvalue weighted by atomic mass is 35.5. The van der Waals surface area contributed by atoms with Gasteiger partial charge in [-0.2, -0.15) is 0 Å². The molecule has 1 fully saturated rings. The monoisotopic (exact) mass is 410 g/mol. The Balaban J connectivity index is 1.18. The Morgan fingerprint density at radius 2 is 1.79 bits per heavy atom. The zero-order valence-corrected chi connectivity index (χ0v) is 17.4. The van der Waals surface area contributed by atoms with Crippen molar-refractivity contribution in [2.45, 2.75) is 25.7 Å². The molecule has 0 spiro atoms. The predicted octanol–water partition coefficient (Wildman–Crippen LogP) is 4.11. The lowest BCUT2D eigenvalue weighted by Gasteiger charge is -2.36. The molecule has 0 atom stereocenters. The van der Waals surface area contributed by atoms with E-state index in [-0.39, 0.29) is 5.56 Å². The summed E-state index contributed by atoms with van der Waals surface area (Å²) in [6, 6.07) is 15.6. The average Bonchev–Trinajstić information content (AvgIpc) is 2.74. The van der Waals surface area contributed by atoms with Crippen LogP contribution in [0.4, 0.5) is 5.69 Å². The molecule has 29 heavy (non-hydrogen) atoms. The Labute approximate surface area is 176 Å². The van der Waals surface area contributed by atoms with Gasteiger partial charge in [-0.3, -0.25) is 9.69 Å². The molecule has 152 valence electrons. The Kier molecular flexibility index (Phi) is 6.47. The summed E-state index contributed by atoms with van der Waals surface area (Å²) in [6.45, 7) is 5.40. The maximum atomic E-state index is 12.1. The Morgan fingerprint density at radius 3 is 2.62 bits per heavy atom. The van der Waals surface area contributed by atoms with Gasteiger partial charge in [0.1, 0.15) is 5.82 Å². The lowest BCUT2D eigenvalue weighted by molar-refractivity contribution is 0.252. The number of aryl methyl sites for hydroxylation is 1. The van der Waals surface area contributed by atoms with Gasteiger partial charge in [0.05, 0.1) is 10.9 Å². The van der Waals surface area contributed by atoms with Gasteiger partial charge >= 0.3 is 0 Å². The number of unbranched alkanes of at least 4 members (excludes halogenated alkanes) is 2. The number of nitrogens with zero attached hydrogens (tertiary/aromatic N) is 3. The first-order valence-corrected chi connectivity index (χ1v) is 10.8. The molecule has 3 aromatic rings. The molecule has 0 bridgehead atoms. The molecule has 6 heteroatoms. The number of anilines is 1. The third-order valence-electron chi connectivity index (χ3n) is 5.60. The minimum atomic E-state index is -0.0387. The van der Waals surface area contributed by atoms with E-state index in [1.165, 1.54) is 12.1 Å². The second kappa shape index (κ2) is 9.42. The molecule has 0 unspecified atom stereocenters. The molecule has 0 radical (unpaired) electrons. The minimum Gasteiger partial charge on any atom is -0.369 e. The van der Waals surface area contributed by atoms with Crippen LogP contribution in [0.2, 0.25) is 5.02 Å². The summed E-state index contributed by atoms with van der Waals surface area (Å²) >= 11 is 6.11. The highest BCUT2D eigenvalue weighted by molar-refractivity contribution is 6.30. The first-order valence-electron chi connectivity index (χ1n) is 10.4. The van der Waals surface area contributed by atoms with Crippen LogP contribution in [0.15, 0.2) is 53.3 Å². The van der Waals surface area contributed by atoms with Crippen molar-refractivity contribution < 1.29 is 0 Å². The fourth-order valence-electron chi connectivity index (χ4n) is 3.96. The summed E-state index contributed by atoms with van der Waals surface area (Å²) in [4.78, 5) is 24.6. The van der Waals surface area contributed by atoms with Crippen molar-refractivity contribution >= 4 is 28.2 Å². The van der Waals surface area contributed by atoms with Crippen LogP contribution in [0.3, 0.4) is 0 Å². The van der Waals surface area contributed by atoms with E-state index >= 15 is 0 Å². The van der Waals surface area contributed by atoms with Crippen LogP contribution < -0.4 is 10.5 Å². The third-order valence-corrected chi connectivity index (χ3v) is 5.83. The van der Waals surface area contributed by atoms with Crippen LogP contribution in [-0.2, 0) is 6.42 Å². The standard InChI is InChI=1S/C23H27ClN4O/c24-18-7-6-8-19(17-18)28-15-13-27(14-16-28)12-5-1-2-11-22-25-21-10-4-3-9-20(21)23(29)26-22/h3-4,6-10,17H,1-2,5,11-16H2,(H,25,26,29). The van der Waals surface area contributed by atoms with E-state index < -0.39 is 0 Å². The summed E-state index contributed by atoms with van der Waals surface area (Å²) in [6.07, 6.45) is 4.19. The number of piperazine rings is 1. The fourth-order valence-corrected chi connectivity index (χ4v) is 4.14. The van der Waals surface area contributed by atoms with Crippen LogP contribution in [0.25, 0.3) is 10.9 Å². The first kappa shape index (κ1) is 19.9. The maximum absolute atomic E-state index is 12.1. The van der Waals surface area contributed by atoms with Gasteiger partial charge < -0.3 is 9.88 Å². The molecule has 0 aliphatic carbocycles. The molecule has 4 rings (SSSR count). The number of hydrogen-bond donors (Lipinski definition) is 1. The van der Waals surface area contributed by atoms with E-state index in [1.807, 2.05) is 42.5 Å². The molecule has 1 aliphatic rings. The van der Waals surface area contributed by atoms with E-state index in [9.17, 15) is 4.79 Å². The second-order valence-corrected chi connectivity index (χ2v) is 8.09. The molecule has 2 heterocycles. The maximum Gasteiger partial charge on any atom is 0.258 e. The number of halogens is 1. The number of H-pyrrole nitrogens is 1. The van der Waals surface area contributed by atoms with Crippen molar-refractivity contribution in [1.82, 2.24) is 14.9 Å². The van der Waals surface area contributed by atoms with Gasteiger partial charge in [-0.1, -0.05) is 36.2 Å². The molecule has 0 amide bonds. The molecular weight excluding hydrogens is 384 g/mol. The number of benzene rings is 2. The number of aromatic nitrogens is 2. The summed E-state index contributed by atoms with van der Waals surface area (Å²) in [5, 5.41) is 1.46. The number of nitrogens with one attached hydrogen (secondary N) is 1. The molecule has 1 N–H and O–H groups in total. The average molecular weight is 411 g/mol. The summed E-state index contributed by atoms with van der Waals surface area (Å²) < 4.78 is 0. The van der Waals surface area contributed by atoms with Crippen molar-refractivity contribution in [2.24, 2.45) is 0 Å². The second-order valence-electron chi connectivity index (χ2n) is 7.65. The van der Waals surface area contributed by atoms with E-state index in [0.29, 0.717) is 5.39 Å². The molecule has 2 aromatic carbocycles. The molecule has 0 saturated carbocycles. The lowest BCUT2D eigenvalue weighted by atomic mass is 10.1. The zero-order chi connectivity index (χ0) is 20.1. The quantitative estimate of drug-likeness (QED) is 0.595. The first-order chi connectivity index (χ1) is 14.2. The summed E-state index contributed by atoms with van der Waals surface area (Å²) in [5.41, 5.74) is 1.96. The number of aromatic amines is 1. The predicted molar refractivity (Wildman–Crippen MR) is 120 cm³/mol. The zero-order valence-electron chi connectivity index (χ0n) is 16.6. The Bertz CT molecular complexity index is 1010. The Morgan fingerprint density at radius 1 is 0.966 bits per heavy atom. The van der Waals surface area contributed by atoms with Gasteiger partial charge in [-0.25, -0.2) is 4.98 Å². The van der Waals surface area contributed by atoms with Gasteiger partial charge in [-0.15, -0.1) is 0 Å². The van der Waals surface area contributed by atoms with Crippen LogP contribution in [0.5, 0.6) is 0 Å². The Hall–Kier alpha value is -2.37. The van der Waals surface area contributed by atoms with Gasteiger partial charge in [-0.05, 0) is 49.7 Å². The van der Waals surface area contributed by atoms with Crippen molar-refractivity contribution in [3.05, 3.63) is 69.7 Å². The normalized spacial score (nSPS) is 15.1. The highest BCUT2D eigenvalue weighted by Crippen LogP contribution is 2.21. The van der Waals surface area contributed by atoms with Crippen LogP contribution in [0, 0.1) is 0 Å². The van der Waals surface area contributed by atoms with E-state index in [2.05, 4.69) is 25.8 Å². The SMILES string of the molecule is O=c1[nH]c(CCCCCN2CCN(c3cccc(Cl)c3)CC2)nc2ccccc12. The minimum absolute atomic E-state index is 0.0387. The summed E-state index contributed by atoms with van der Waals surface area (Å²) in [7, 11) is 0. The van der Waals surface area contributed by atoms with Gasteiger partial charge in [0.2, 0.25) is 0 Å². The smallest absolute Gasteiger partial charge is 0.258 e. The molecule has 1 saturated heterocycles. The molecule has 1 aliphatic heterocycles. The number of hydrogen-bond acceptors (Lipinski definition) is 4. The number of fused-ring (bicyclic) bond motifs is 1. The largest absolute Gasteiger partial charge is 0.369 e. The lowest BCUT2D eigenvalue weighted by Crippen LogP contribution is -2.46. The van der Waals surface area contributed by atoms with Gasteiger partial charge in [0.25, 0.3) is 5.56 Å². The molecule has 1 aromatic heterocycles. The molecular formula is C23H27ClN4O. The number of para-hydroxylation sites is 1. The van der Waals surface area contributed by atoms with Crippen molar-refractivity contribution in [3.63, 3.8) is 0 Å². The summed E-state index contributed by atoms with van der Waals surface area (Å²) in [5.74, 6) is 0.795. The van der Waals surface area contributed by atoms with Crippen LogP contribution >= 0.6 is 11.6 Å². The fraction of sp³-hybridized carbons (Fsp3) is 0.391. The van der Waals surface area contributed by atoms with E-state index in [4.69, 9.17) is 11.6 Å². The van der Waals surface area contributed by atoms with Gasteiger partial charge in [0.15, 0.2) is 0 Å². The number of rotatable bonds is 7. The molecule has 5 nitrogen and oxygen atoms in total. The van der Waals surface area contributed by atoms with Crippen molar-refractivity contribution in [1.29, 1.82) is 0 Å². The topological polar surface area (TPSA) is 52.2 Å². The van der Waals surface area contributed by atoms with Gasteiger partial charge in [0, 0.05) is 43.3 Å². The van der Waals surface area contributed by atoms with E-state index in [1.54, 1.807) is 0 Å². The van der Waals surface area contributed by atoms with Crippen LogP contribution in [-0.4, -0.2) is 47.6 Å². The third kappa shape index (κ3) is 5.17. The van der Waals surface area contributed by atoms with Crippen LogP contribution in [0.1, 0.15) is 25.1 Å². The highest BCUT2D eigenvalue weighted by Gasteiger charge is 2.16.